The lowest BCUT2D eigenvalue weighted by Gasteiger charge is -2.34. The molecule has 0 fully saturated rings. The molecule has 41 heavy (non-hydrogen) atoms. The van der Waals surface area contributed by atoms with Gasteiger partial charge in [-0.1, -0.05) is 158 Å². The summed E-state index contributed by atoms with van der Waals surface area (Å²) >= 11 is 0. The Morgan fingerprint density at radius 1 is 0.317 bits per heavy atom. The second-order valence-electron chi connectivity index (χ2n) is 11.3. The highest BCUT2D eigenvalue weighted by Crippen LogP contribution is 2.56. The molecule has 0 spiro atoms. The third-order valence-electron chi connectivity index (χ3n) is 9.32. The molecule has 0 heterocycles. The van der Waals surface area contributed by atoms with Crippen LogP contribution >= 0.6 is 0 Å². The van der Waals surface area contributed by atoms with E-state index in [9.17, 15) is 0 Å². The Morgan fingerprint density at radius 3 is 1.54 bits per heavy atom. The summed E-state index contributed by atoms with van der Waals surface area (Å²) in [5.74, 6) is 0. The first-order valence-corrected chi connectivity index (χ1v) is 14.4. The fourth-order valence-electron chi connectivity index (χ4n) is 7.60. The molecule has 9 rings (SSSR count). The van der Waals surface area contributed by atoms with Crippen molar-refractivity contribution in [1.29, 1.82) is 0 Å². The monoisotopic (exact) mass is 518 g/mol. The molecular formula is C41H26. The highest BCUT2D eigenvalue weighted by atomic mass is 14.5. The lowest BCUT2D eigenvalue weighted by atomic mass is 9.67. The van der Waals surface area contributed by atoms with Gasteiger partial charge in [0.05, 0.1) is 5.41 Å². The lowest BCUT2D eigenvalue weighted by Crippen LogP contribution is -2.28. The second kappa shape index (κ2) is 8.40. The molecule has 0 heteroatoms. The minimum atomic E-state index is -0.365. The summed E-state index contributed by atoms with van der Waals surface area (Å²) < 4.78 is 0. The maximum absolute atomic E-state index is 2.36. The van der Waals surface area contributed by atoms with Crippen LogP contribution in [0.15, 0.2) is 158 Å². The van der Waals surface area contributed by atoms with Crippen LogP contribution in [0.1, 0.15) is 22.3 Å². The van der Waals surface area contributed by atoms with Crippen molar-refractivity contribution in [1.82, 2.24) is 0 Å². The molecule has 8 aromatic carbocycles. The van der Waals surface area contributed by atoms with E-state index >= 15 is 0 Å². The van der Waals surface area contributed by atoms with Gasteiger partial charge in [-0.15, -0.1) is 0 Å². The van der Waals surface area contributed by atoms with Crippen LogP contribution in [0.25, 0.3) is 54.6 Å². The van der Waals surface area contributed by atoms with Gasteiger partial charge in [-0.25, -0.2) is 0 Å². The van der Waals surface area contributed by atoms with Crippen molar-refractivity contribution in [2.75, 3.05) is 0 Å². The Morgan fingerprint density at radius 2 is 0.854 bits per heavy atom. The predicted molar refractivity (Wildman–Crippen MR) is 173 cm³/mol. The van der Waals surface area contributed by atoms with E-state index in [0.29, 0.717) is 0 Å². The minimum absolute atomic E-state index is 0.365. The van der Waals surface area contributed by atoms with Crippen LogP contribution in [-0.2, 0) is 5.41 Å². The molecule has 0 aromatic heterocycles. The van der Waals surface area contributed by atoms with Gasteiger partial charge < -0.3 is 0 Å². The van der Waals surface area contributed by atoms with Crippen molar-refractivity contribution >= 4 is 32.3 Å². The number of benzene rings is 8. The molecule has 0 saturated heterocycles. The summed E-state index contributed by atoms with van der Waals surface area (Å²) in [6.45, 7) is 0. The average molecular weight is 519 g/mol. The van der Waals surface area contributed by atoms with E-state index in [1.807, 2.05) is 0 Å². The predicted octanol–water partition coefficient (Wildman–Crippen LogP) is 10.6. The van der Waals surface area contributed by atoms with Gasteiger partial charge in [-0.05, 0) is 76.8 Å². The fourth-order valence-corrected chi connectivity index (χ4v) is 7.60. The third-order valence-corrected chi connectivity index (χ3v) is 9.32. The van der Waals surface area contributed by atoms with Crippen molar-refractivity contribution < 1.29 is 0 Å². The van der Waals surface area contributed by atoms with Gasteiger partial charge in [0.2, 0.25) is 0 Å². The van der Waals surface area contributed by atoms with Gasteiger partial charge in [-0.2, -0.15) is 0 Å². The van der Waals surface area contributed by atoms with Gasteiger partial charge in [0.25, 0.3) is 0 Å². The third kappa shape index (κ3) is 3.00. The maximum Gasteiger partial charge on any atom is 0.0713 e. The van der Waals surface area contributed by atoms with E-state index in [0.717, 1.165) is 0 Å². The zero-order chi connectivity index (χ0) is 27.0. The highest BCUT2D eigenvalue weighted by molar-refractivity contribution is 6.25. The van der Waals surface area contributed by atoms with E-state index in [1.165, 1.54) is 76.8 Å². The summed E-state index contributed by atoms with van der Waals surface area (Å²) in [5, 5.41) is 7.94. The van der Waals surface area contributed by atoms with Crippen LogP contribution in [0.3, 0.4) is 0 Å². The largest absolute Gasteiger partial charge is 0.0713 e. The Kier molecular flexibility index (Phi) is 4.63. The smallest absolute Gasteiger partial charge is 0.0622 e. The molecule has 190 valence electrons. The van der Waals surface area contributed by atoms with Crippen LogP contribution in [0, 0.1) is 0 Å². The molecule has 0 bridgehead atoms. The Bertz CT molecular complexity index is 2180. The molecule has 8 aromatic rings. The molecule has 0 nitrogen and oxygen atoms in total. The zero-order valence-corrected chi connectivity index (χ0v) is 22.5. The number of hydrogen-bond acceptors (Lipinski definition) is 0. The molecule has 1 aliphatic carbocycles. The van der Waals surface area contributed by atoms with Gasteiger partial charge >= 0.3 is 0 Å². The average Bonchev–Trinajstić information content (AvgIpc) is 3.35. The Balaban J connectivity index is 1.28. The van der Waals surface area contributed by atoms with Crippen LogP contribution in [-0.4, -0.2) is 0 Å². The fraction of sp³-hybridized carbons (Fsp3) is 0.0244. The van der Waals surface area contributed by atoms with Crippen molar-refractivity contribution in [2.24, 2.45) is 0 Å². The highest BCUT2D eigenvalue weighted by Gasteiger charge is 2.45. The first-order valence-electron chi connectivity index (χ1n) is 14.4. The molecule has 0 aliphatic heterocycles. The summed E-state index contributed by atoms with van der Waals surface area (Å²) in [4.78, 5) is 0. The van der Waals surface area contributed by atoms with Gasteiger partial charge in [-0.3, -0.25) is 0 Å². The van der Waals surface area contributed by atoms with E-state index in [4.69, 9.17) is 0 Å². The van der Waals surface area contributed by atoms with Crippen molar-refractivity contribution in [3.05, 3.63) is 180 Å². The molecular weight excluding hydrogens is 492 g/mol. The molecule has 1 aliphatic rings. The first kappa shape index (κ1) is 22.6. The summed E-state index contributed by atoms with van der Waals surface area (Å²) in [7, 11) is 0. The van der Waals surface area contributed by atoms with E-state index in [1.54, 1.807) is 0 Å². The Labute approximate surface area is 239 Å². The van der Waals surface area contributed by atoms with Crippen LogP contribution in [0.5, 0.6) is 0 Å². The maximum atomic E-state index is 2.36. The van der Waals surface area contributed by atoms with Crippen molar-refractivity contribution in [2.45, 2.75) is 5.41 Å². The summed E-state index contributed by atoms with van der Waals surface area (Å²) in [6.07, 6.45) is 0. The Hall–Kier alpha value is -5.20. The van der Waals surface area contributed by atoms with Crippen LogP contribution < -0.4 is 0 Å². The van der Waals surface area contributed by atoms with E-state index in [-0.39, 0.29) is 5.41 Å². The van der Waals surface area contributed by atoms with Crippen molar-refractivity contribution in [3.63, 3.8) is 0 Å². The molecule has 0 amide bonds. The molecule has 0 N–H and O–H groups in total. The van der Waals surface area contributed by atoms with Crippen LogP contribution in [0.4, 0.5) is 0 Å². The molecule has 0 unspecified atom stereocenters. The van der Waals surface area contributed by atoms with Gasteiger partial charge in [0.1, 0.15) is 0 Å². The lowest BCUT2D eigenvalue weighted by molar-refractivity contribution is 0.768. The summed E-state index contributed by atoms with van der Waals surface area (Å²) in [5.41, 5.74) is 10.1. The molecule has 0 radical (unpaired) electrons. The standard InChI is InChI=1S/C41H26/c1-2-11-31(12-3-1)41(37-15-6-4-13-34(37)35-14-5-7-16-38(35)41)32-23-19-27(20-24-32)33-25-21-30-18-17-28-9-8-10-29-22-26-36(33)40(30)39(28)29/h1-26H. The summed E-state index contributed by atoms with van der Waals surface area (Å²) in [6, 6.07) is 58.5. The van der Waals surface area contributed by atoms with Gasteiger partial charge in [0.15, 0.2) is 0 Å². The topological polar surface area (TPSA) is 0 Å². The normalized spacial score (nSPS) is 13.6. The second-order valence-corrected chi connectivity index (χ2v) is 11.3. The van der Waals surface area contributed by atoms with Crippen LogP contribution in [0.2, 0.25) is 0 Å². The van der Waals surface area contributed by atoms with E-state index in [2.05, 4.69) is 158 Å². The number of rotatable bonds is 3. The number of fused-ring (bicyclic) bond motifs is 3. The zero-order valence-electron chi connectivity index (χ0n) is 22.5. The molecule has 0 atom stereocenters. The minimum Gasteiger partial charge on any atom is -0.0622 e. The van der Waals surface area contributed by atoms with E-state index < -0.39 is 0 Å². The van der Waals surface area contributed by atoms with Gasteiger partial charge in [0, 0.05) is 0 Å². The SMILES string of the molecule is c1ccc(C2(c3ccc(-c4ccc5ccc6cccc7ccc4c5c67)cc3)c3ccccc3-c3ccccc32)cc1. The quantitative estimate of drug-likeness (QED) is 0.204. The first-order chi connectivity index (χ1) is 20.3. The van der Waals surface area contributed by atoms with Crippen molar-refractivity contribution in [3.8, 4) is 22.3 Å². The molecule has 0 saturated carbocycles. The number of hydrogen-bond donors (Lipinski definition) is 0.